The lowest BCUT2D eigenvalue weighted by Gasteiger charge is -2.40. The van der Waals surface area contributed by atoms with Crippen molar-refractivity contribution in [1.29, 1.82) is 0 Å². The summed E-state index contributed by atoms with van der Waals surface area (Å²) >= 11 is 6.09. The molecular weight excluding hydrogens is 344 g/mol. The van der Waals surface area contributed by atoms with Crippen molar-refractivity contribution in [3.63, 3.8) is 0 Å². The Morgan fingerprint density at radius 3 is 2.50 bits per heavy atom. The Morgan fingerprint density at radius 1 is 1.08 bits per heavy atom. The second-order valence-electron chi connectivity index (χ2n) is 6.17. The van der Waals surface area contributed by atoms with Gasteiger partial charge in [0.05, 0.1) is 5.02 Å². The zero-order valence-electron chi connectivity index (χ0n) is 13.8. The number of halogens is 1. The van der Waals surface area contributed by atoms with Crippen LogP contribution in [0.15, 0.2) is 53.4 Å². The van der Waals surface area contributed by atoms with Gasteiger partial charge in [-0.05, 0) is 43.7 Å². The van der Waals surface area contributed by atoms with Gasteiger partial charge in [0, 0.05) is 31.4 Å². The molecule has 2 aromatic carbocycles. The monoisotopic (exact) mass is 364 g/mol. The van der Waals surface area contributed by atoms with Crippen LogP contribution in [0.4, 0.5) is 5.69 Å². The predicted molar refractivity (Wildman–Crippen MR) is 98.2 cm³/mol. The molecular formula is C18H21ClN2O2S. The molecule has 3 rings (SSSR count). The topological polar surface area (TPSA) is 40.6 Å². The van der Waals surface area contributed by atoms with Gasteiger partial charge in [-0.3, -0.25) is 0 Å². The molecule has 0 amide bonds. The number of anilines is 1. The number of nitrogens with zero attached hydrogens (tertiary/aromatic N) is 2. The summed E-state index contributed by atoms with van der Waals surface area (Å²) in [4.78, 5) is 2.44. The molecule has 128 valence electrons. The van der Waals surface area contributed by atoms with E-state index in [0.29, 0.717) is 19.6 Å². The molecule has 2 aromatic rings. The van der Waals surface area contributed by atoms with Crippen molar-refractivity contribution in [3.8, 4) is 0 Å². The Labute approximate surface area is 148 Å². The van der Waals surface area contributed by atoms with Gasteiger partial charge in [-0.15, -0.1) is 0 Å². The van der Waals surface area contributed by atoms with Crippen molar-refractivity contribution in [1.82, 2.24) is 4.31 Å². The van der Waals surface area contributed by atoms with Gasteiger partial charge in [0.15, 0.2) is 0 Å². The van der Waals surface area contributed by atoms with Crippen LogP contribution in [0.25, 0.3) is 0 Å². The van der Waals surface area contributed by atoms with E-state index >= 15 is 0 Å². The quantitative estimate of drug-likeness (QED) is 0.836. The minimum atomic E-state index is -3.56. The number of sulfonamides is 1. The first-order chi connectivity index (χ1) is 11.4. The summed E-state index contributed by atoms with van der Waals surface area (Å²) in [6, 6.07) is 15.0. The summed E-state index contributed by atoms with van der Waals surface area (Å²) in [5, 5.41) is 0.270. The van der Waals surface area contributed by atoms with Gasteiger partial charge in [-0.1, -0.05) is 35.9 Å². The first-order valence-corrected chi connectivity index (χ1v) is 9.79. The van der Waals surface area contributed by atoms with Crippen LogP contribution >= 0.6 is 11.6 Å². The maximum absolute atomic E-state index is 12.9. The van der Waals surface area contributed by atoms with Crippen LogP contribution in [0, 0.1) is 6.92 Å². The van der Waals surface area contributed by atoms with Crippen molar-refractivity contribution in [2.45, 2.75) is 24.8 Å². The summed E-state index contributed by atoms with van der Waals surface area (Å²) in [6.07, 6.45) is 0. The number of rotatable bonds is 3. The van der Waals surface area contributed by atoms with Gasteiger partial charge >= 0.3 is 0 Å². The van der Waals surface area contributed by atoms with Crippen molar-refractivity contribution < 1.29 is 8.42 Å². The summed E-state index contributed by atoms with van der Waals surface area (Å²) in [5.41, 5.74) is 2.34. The summed E-state index contributed by atoms with van der Waals surface area (Å²) in [7, 11) is -3.56. The van der Waals surface area contributed by atoms with Crippen LogP contribution in [0.3, 0.4) is 0 Å². The summed E-state index contributed by atoms with van der Waals surface area (Å²) in [6.45, 7) is 5.67. The van der Waals surface area contributed by atoms with Gasteiger partial charge in [-0.2, -0.15) is 4.31 Å². The minimum absolute atomic E-state index is 0.0952. The fraction of sp³-hybridized carbons (Fsp3) is 0.333. The Balaban J connectivity index is 1.82. The van der Waals surface area contributed by atoms with Gasteiger partial charge in [0.25, 0.3) is 0 Å². The second-order valence-corrected chi connectivity index (χ2v) is 8.49. The maximum atomic E-state index is 12.9. The largest absolute Gasteiger partial charge is 0.366 e. The molecule has 1 aliphatic heterocycles. The Hall–Kier alpha value is -1.56. The van der Waals surface area contributed by atoms with E-state index in [9.17, 15) is 8.42 Å². The van der Waals surface area contributed by atoms with Crippen LogP contribution in [-0.2, 0) is 10.0 Å². The minimum Gasteiger partial charge on any atom is -0.366 e. The van der Waals surface area contributed by atoms with Crippen LogP contribution in [-0.4, -0.2) is 38.4 Å². The van der Waals surface area contributed by atoms with Crippen molar-refractivity contribution in [2.75, 3.05) is 24.5 Å². The van der Waals surface area contributed by atoms with E-state index < -0.39 is 10.0 Å². The normalized spacial score (nSPS) is 19.5. The number of hydrogen-bond donors (Lipinski definition) is 0. The highest BCUT2D eigenvalue weighted by atomic mass is 35.5. The first-order valence-electron chi connectivity index (χ1n) is 7.97. The third-order valence-electron chi connectivity index (χ3n) is 4.38. The van der Waals surface area contributed by atoms with Gasteiger partial charge in [-0.25, -0.2) is 8.42 Å². The number of aryl methyl sites for hydroxylation is 1. The molecule has 6 heteroatoms. The van der Waals surface area contributed by atoms with E-state index in [2.05, 4.69) is 36.9 Å². The molecule has 0 bridgehead atoms. The lowest BCUT2D eigenvalue weighted by atomic mass is 10.1. The molecule has 0 spiro atoms. The zero-order valence-corrected chi connectivity index (χ0v) is 15.4. The molecule has 1 saturated heterocycles. The van der Waals surface area contributed by atoms with E-state index in [1.54, 1.807) is 24.3 Å². The highest BCUT2D eigenvalue weighted by Crippen LogP contribution is 2.28. The number of piperazine rings is 1. The third-order valence-corrected chi connectivity index (χ3v) is 6.74. The Bertz CT molecular complexity index is 838. The van der Waals surface area contributed by atoms with E-state index in [1.807, 2.05) is 6.07 Å². The predicted octanol–water partition coefficient (Wildman–Crippen LogP) is 3.55. The lowest BCUT2D eigenvalue weighted by molar-refractivity contribution is 0.342. The van der Waals surface area contributed by atoms with Crippen LogP contribution in [0.5, 0.6) is 0 Å². The van der Waals surface area contributed by atoms with E-state index in [-0.39, 0.29) is 16.0 Å². The number of benzene rings is 2. The molecule has 0 aliphatic carbocycles. The molecule has 0 N–H and O–H groups in total. The van der Waals surface area contributed by atoms with Crippen LogP contribution in [0.2, 0.25) is 5.02 Å². The molecule has 4 nitrogen and oxygen atoms in total. The molecule has 0 saturated carbocycles. The maximum Gasteiger partial charge on any atom is 0.244 e. The molecule has 24 heavy (non-hydrogen) atoms. The van der Waals surface area contributed by atoms with Gasteiger partial charge < -0.3 is 4.90 Å². The standard InChI is InChI=1S/C18H21ClN2O2S/c1-14-6-5-7-16(12-14)21-11-10-20(13-15(21)2)24(22,23)18-9-4-3-8-17(18)19/h3-9,12,15H,10-11,13H2,1-2H3. The zero-order chi connectivity index (χ0) is 17.3. The first kappa shape index (κ1) is 17.3. The fourth-order valence-electron chi connectivity index (χ4n) is 3.13. The Kier molecular flexibility index (Phi) is 4.85. The average Bonchev–Trinajstić information content (AvgIpc) is 2.55. The van der Waals surface area contributed by atoms with Gasteiger partial charge in [0.1, 0.15) is 4.90 Å². The molecule has 0 aromatic heterocycles. The average molecular weight is 365 g/mol. The molecule has 1 heterocycles. The van der Waals surface area contributed by atoms with Crippen molar-refractivity contribution in [3.05, 3.63) is 59.1 Å². The Morgan fingerprint density at radius 2 is 1.83 bits per heavy atom. The summed E-state index contributed by atoms with van der Waals surface area (Å²) in [5.74, 6) is 0. The van der Waals surface area contributed by atoms with Gasteiger partial charge in [0.2, 0.25) is 10.0 Å². The molecule has 1 fully saturated rings. The smallest absolute Gasteiger partial charge is 0.244 e. The molecule has 1 aliphatic rings. The highest BCUT2D eigenvalue weighted by Gasteiger charge is 2.33. The van der Waals surface area contributed by atoms with E-state index in [1.165, 1.54) is 9.87 Å². The molecule has 1 atom stereocenters. The summed E-state index contributed by atoms with van der Waals surface area (Å²) < 4.78 is 27.3. The van der Waals surface area contributed by atoms with Crippen molar-refractivity contribution >= 4 is 27.3 Å². The lowest BCUT2D eigenvalue weighted by Crippen LogP contribution is -2.53. The molecule has 0 radical (unpaired) electrons. The second kappa shape index (κ2) is 6.75. The SMILES string of the molecule is Cc1cccc(N2CCN(S(=O)(=O)c3ccccc3Cl)CC2C)c1. The van der Waals surface area contributed by atoms with E-state index in [4.69, 9.17) is 11.6 Å². The third kappa shape index (κ3) is 3.29. The van der Waals surface area contributed by atoms with Crippen LogP contribution < -0.4 is 4.90 Å². The molecule has 1 unspecified atom stereocenters. The fourth-order valence-corrected chi connectivity index (χ4v) is 5.13. The number of hydrogen-bond acceptors (Lipinski definition) is 3. The highest BCUT2D eigenvalue weighted by molar-refractivity contribution is 7.89. The van der Waals surface area contributed by atoms with Crippen molar-refractivity contribution in [2.24, 2.45) is 0 Å². The van der Waals surface area contributed by atoms with E-state index in [0.717, 1.165) is 5.69 Å². The van der Waals surface area contributed by atoms with Crippen LogP contribution in [0.1, 0.15) is 12.5 Å².